The van der Waals surface area contributed by atoms with Crippen LogP contribution >= 0.6 is 0 Å². The smallest absolute Gasteiger partial charge is 0.323 e. The number of hydrogen-bond acceptors (Lipinski definition) is 5. The molecular weight excluding hydrogens is 372 g/mol. The second kappa shape index (κ2) is 6.68. The summed E-state index contributed by atoms with van der Waals surface area (Å²) >= 11 is 0. The maximum atomic E-state index is 13.0. The number of hydrogen-bond donors (Lipinski definition) is 1. The molecule has 3 aromatic rings. The lowest BCUT2D eigenvalue weighted by molar-refractivity contribution is -0.131. The third kappa shape index (κ3) is 2.88. The van der Waals surface area contributed by atoms with Crippen molar-refractivity contribution in [3.63, 3.8) is 0 Å². The highest BCUT2D eigenvalue weighted by Crippen LogP contribution is 2.26. The largest absolute Gasteiger partial charge is 0.325 e. The highest BCUT2D eigenvalue weighted by atomic mass is 16.2. The van der Waals surface area contributed by atoms with E-state index in [0.29, 0.717) is 35.5 Å². The van der Waals surface area contributed by atoms with E-state index >= 15 is 0 Å². The number of carbonyl (C=O) groups excluding carboxylic acids is 2. The second-order valence-electron chi connectivity index (χ2n) is 8.07. The Labute approximate surface area is 167 Å². The summed E-state index contributed by atoms with van der Waals surface area (Å²) in [6.45, 7) is 8.04. The number of imide groups is 1. The van der Waals surface area contributed by atoms with Gasteiger partial charge in [0.25, 0.3) is 11.5 Å². The van der Waals surface area contributed by atoms with E-state index in [-0.39, 0.29) is 23.9 Å². The van der Waals surface area contributed by atoms with Crippen molar-refractivity contribution in [2.45, 2.75) is 52.7 Å². The van der Waals surface area contributed by atoms with Gasteiger partial charge in [-0.3, -0.25) is 23.5 Å². The van der Waals surface area contributed by atoms with Crippen molar-refractivity contribution in [3.05, 3.63) is 40.4 Å². The third-order valence-corrected chi connectivity index (χ3v) is 5.35. The summed E-state index contributed by atoms with van der Waals surface area (Å²) < 4.78 is 3.28. The molecule has 0 radical (unpaired) electrons. The normalized spacial score (nSPS) is 19.7. The number of amides is 3. The molecule has 0 spiro atoms. The molecule has 1 N–H and O–H groups in total. The van der Waals surface area contributed by atoms with Gasteiger partial charge in [-0.1, -0.05) is 26.0 Å². The Hall–Kier alpha value is -3.23. The van der Waals surface area contributed by atoms with Crippen LogP contribution in [0.25, 0.3) is 16.7 Å². The predicted octanol–water partition coefficient (Wildman–Crippen LogP) is 1.92. The Morgan fingerprint density at radius 2 is 1.86 bits per heavy atom. The van der Waals surface area contributed by atoms with E-state index in [1.54, 1.807) is 23.5 Å². The van der Waals surface area contributed by atoms with Crippen LogP contribution in [0.15, 0.2) is 29.1 Å². The zero-order chi connectivity index (χ0) is 20.9. The standard InChI is InChI=1S/C20H24N6O3/c1-5-24-16(27)13-8-6-7-9-14(13)26-15(22-23-18(24)26)11-25-17(28)20(4,10-12(2)3)21-19(25)29/h6-9,12H,5,10-11H2,1-4H3,(H,21,29). The Morgan fingerprint density at radius 3 is 2.55 bits per heavy atom. The average molecular weight is 396 g/mol. The van der Waals surface area contributed by atoms with E-state index in [1.165, 1.54) is 9.47 Å². The Morgan fingerprint density at radius 1 is 1.14 bits per heavy atom. The fraction of sp³-hybridized carbons (Fsp3) is 0.450. The van der Waals surface area contributed by atoms with Gasteiger partial charge < -0.3 is 5.32 Å². The number of aryl methyl sites for hydroxylation is 1. The third-order valence-electron chi connectivity index (χ3n) is 5.35. The molecule has 9 heteroatoms. The lowest BCUT2D eigenvalue weighted by Crippen LogP contribution is -2.44. The zero-order valence-electron chi connectivity index (χ0n) is 17.0. The van der Waals surface area contributed by atoms with Gasteiger partial charge in [-0.05, 0) is 38.3 Å². The van der Waals surface area contributed by atoms with Crippen LogP contribution in [0.2, 0.25) is 0 Å². The fourth-order valence-electron chi connectivity index (χ4n) is 4.19. The van der Waals surface area contributed by atoms with Crippen LogP contribution in [0, 0.1) is 5.92 Å². The number of para-hydroxylation sites is 1. The maximum absolute atomic E-state index is 13.0. The Balaban J connectivity index is 1.82. The van der Waals surface area contributed by atoms with Crippen LogP contribution in [0.3, 0.4) is 0 Å². The predicted molar refractivity (Wildman–Crippen MR) is 107 cm³/mol. The van der Waals surface area contributed by atoms with Gasteiger partial charge in [0, 0.05) is 6.54 Å². The van der Waals surface area contributed by atoms with Crippen LogP contribution in [-0.4, -0.2) is 41.5 Å². The van der Waals surface area contributed by atoms with Gasteiger partial charge in [0.15, 0.2) is 5.82 Å². The van der Waals surface area contributed by atoms with Gasteiger partial charge in [0.05, 0.1) is 17.4 Å². The molecule has 29 heavy (non-hydrogen) atoms. The van der Waals surface area contributed by atoms with Crippen LogP contribution in [-0.2, 0) is 17.9 Å². The summed E-state index contributed by atoms with van der Waals surface area (Å²) in [7, 11) is 0. The second-order valence-corrected chi connectivity index (χ2v) is 8.07. The zero-order valence-corrected chi connectivity index (χ0v) is 17.0. The molecule has 4 rings (SSSR count). The summed E-state index contributed by atoms with van der Waals surface area (Å²) in [6.07, 6.45) is 0.549. The van der Waals surface area contributed by atoms with E-state index in [4.69, 9.17) is 0 Å². The minimum Gasteiger partial charge on any atom is -0.323 e. The summed E-state index contributed by atoms with van der Waals surface area (Å²) in [6, 6.07) is 6.75. The van der Waals surface area contributed by atoms with Crippen LogP contribution in [0.4, 0.5) is 4.79 Å². The average Bonchev–Trinajstić information content (AvgIpc) is 3.16. The van der Waals surface area contributed by atoms with Gasteiger partial charge in [0.2, 0.25) is 5.78 Å². The first-order chi connectivity index (χ1) is 13.8. The monoisotopic (exact) mass is 396 g/mol. The molecule has 1 aliphatic rings. The summed E-state index contributed by atoms with van der Waals surface area (Å²) in [5, 5.41) is 11.7. The van der Waals surface area contributed by atoms with E-state index in [9.17, 15) is 14.4 Å². The number of urea groups is 1. The van der Waals surface area contributed by atoms with Crippen LogP contribution < -0.4 is 10.9 Å². The highest BCUT2D eigenvalue weighted by Gasteiger charge is 2.48. The van der Waals surface area contributed by atoms with Gasteiger partial charge in [-0.15, -0.1) is 10.2 Å². The molecule has 0 bridgehead atoms. The van der Waals surface area contributed by atoms with Crippen molar-refractivity contribution in [1.29, 1.82) is 0 Å². The first-order valence-corrected chi connectivity index (χ1v) is 9.76. The van der Waals surface area contributed by atoms with Crippen LogP contribution in [0.1, 0.15) is 39.9 Å². The number of aromatic nitrogens is 4. The first kappa shape index (κ1) is 19.1. The van der Waals surface area contributed by atoms with E-state index in [0.717, 1.165) is 0 Å². The quantitative estimate of drug-likeness (QED) is 0.664. The lowest BCUT2D eigenvalue weighted by atomic mass is 9.91. The molecule has 9 nitrogen and oxygen atoms in total. The van der Waals surface area contributed by atoms with Gasteiger partial charge in [-0.25, -0.2) is 4.79 Å². The summed E-state index contributed by atoms with van der Waals surface area (Å²) in [4.78, 5) is 39.5. The Kier molecular flexibility index (Phi) is 4.40. The van der Waals surface area contributed by atoms with Gasteiger partial charge in [-0.2, -0.15) is 0 Å². The maximum Gasteiger partial charge on any atom is 0.325 e. The summed E-state index contributed by atoms with van der Waals surface area (Å²) in [5.74, 6) is 0.793. The number of fused-ring (bicyclic) bond motifs is 3. The molecule has 1 aliphatic heterocycles. The van der Waals surface area contributed by atoms with E-state index in [1.807, 2.05) is 32.9 Å². The number of nitrogens with zero attached hydrogens (tertiary/aromatic N) is 5. The fourth-order valence-corrected chi connectivity index (χ4v) is 4.19. The Bertz CT molecular complexity index is 1190. The molecule has 1 saturated heterocycles. The molecule has 1 unspecified atom stereocenters. The minimum absolute atomic E-state index is 0.0224. The van der Waals surface area contributed by atoms with Gasteiger partial charge in [0.1, 0.15) is 5.54 Å². The molecule has 2 aromatic heterocycles. The van der Waals surface area contributed by atoms with Crippen molar-refractivity contribution in [2.24, 2.45) is 5.92 Å². The van der Waals surface area contributed by atoms with Crippen molar-refractivity contribution < 1.29 is 9.59 Å². The topological polar surface area (TPSA) is 102 Å². The van der Waals surface area contributed by atoms with Crippen molar-refractivity contribution in [3.8, 4) is 0 Å². The lowest BCUT2D eigenvalue weighted by Gasteiger charge is -2.23. The molecule has 1 aromatic carbocycles. The molecule has 1 fully saturated rings. The van der Waals surface area contributed by atoms with Crippen molar-refractivity contribution in [2.75, 3.05) is 0 Å². The van der Waals surface area contributed by atoms with Crippen molar-refractivity contribution in [1.82, 2.24) is 29.4 Å². The van der Waals surface area contributed by atoms with Crippen molar-refractivity contribution >= 4 is 28.6 Å². The molecule has 3 amide bonds. The first-order valence-electron chi connectivity index (χ1n) is 9.76. The molecule has 152 valence electrons. The molecule has 0 saturated carbocycles. The number of rotatable bonds is 5. The highest BCUT2D eigenvalue weighted by molar-refractivity contribution is 6.06. The number of benzene rings is 1. The molecule has 3 heterocycles. The van der Waals surface area contributed by atoms with Crippen LogP contribution in [0.5, 0.6) is 0 Å². The van der Waals surface area contributed by atoms with E-state index < -0.39 is 11.6 Å². The molecule has 1 atom stereocenters. The minimum atomic E-state index is -0.931. The van der Waals surface area contributed by atoms with E-state index in [2.05, 4.69) is 15.5 Å². The number of carbonyl (C=O) groups is 2. The molecule has 0 aliphatic carbocycles. The molecular formula is C20H24N6O3. The summed E-state index contributed by atoms with van der Waals surface area (Å²) in [5.41, 5.74) is -0.428. The van der Waals surface area contributed by atoms with Gasteiger partial charge >= 0.3 is 6.03 Å². The SMILES string of the molecule is CCn1c(=O)c2ccccc2n2c(CN3C(=O)NC(C)(CC(C)C)C3=O)nnc12. The number of nitrogens with one attached hydrogen (secondary N) is 1.